The lowest BCUT2D eigenvalue weighted by atomic mass is 10.2. The molecule has 1 aromatic heterocycles. The summed E-state index contributed by atoms with van der Waals surface area (Å²) in [4.78, 5) is 28.8. The van der Waals surface area contributed by atoms with Gasteiger partial charge in [-0.2, -0.15) is 0 Å². The van der Waals surface area contributed by atoms with Crippen molar-refractivity contribution in [1.82, 2.24) is 9.88 Å². The Morgan fingerprint density at radius 1 is 1.36 bits per heavy atom. The first-order chi connectivity index (χ1) is 10.5. The maximum absolute atomic E-state index is 12.4. The van der Waals surface area contributed by atoms with E-state index in [4.69, 9.17) is 21.4 Å². The van der Waals surface area contributed by atoms with Crippen molar-refractivity contribution in [3.63, 3.8) is 0 Å². The molecule has 3 rings (SSSR count). The van der Waals surface area contributed by atoms with Crippen LogP contribution in [0.3, 0.4) is 0 Å². The van der Waals surface area contributed by atoms with Crippen LogP contribution in [-0.4, -0.2) is 46.1 Å². The molecular weight excluding hydrogens is 308 g/mol. The molecule has 0 saturated heterocycles. The van der Waals surface area contributed by atoms with Gasteiger partial charge in [0.15, 0.2) is 0 Å². The van der Waals surface area contributed by atoms with Gasteiger partial charge in [-0.15, -0.1) is 0 Å². The number of carbonyl (C=O) groups excluding carboxylic acids is 1. The molecule has 7 heteroatoms. The molecule has 0 unspecified atom stereocenters. The highest BCUT2D eigenvalue weighted by atomic mass is 35.5. The highest BCUT2D eigenvalue weighted by Gasteiger charge is 2.34. The second kappa shape index (κ2) is 6.12. The van der Waals surface area contributed by atoms with Crippen LogP contribution in [0.25, 0.3) is 0 Å². The number of hydrogen-bond acceptors (Lipinski definition) is 4. The zero-order valence-electron chi connectivity index (χ0n) is 12.0. The molecule has 0 radical (unpaired) electrons. The summed E-state index contributed by atoms with van der Waals surface area (Å²) in [5.41, 5.74) is 0.289. The summed E-state index contributed by atoms with van der Waals surface area (Å²) in [6.07, 6.45) is 5.40. The van der Waals surface area contributed by atoms with Crippen LogP contribution in [0, 0.1) is 5.92 Å². The van der Waals surface area contributed by atoms with Gasteiger partial charge in [0.25, 0.3) is 5.91 Å². The minimum atomic E-state index is -1.02. The van der Waals surface area contributed by atoms with E-state index in [0.717, 1.165) is 12.8 Å². The molecule has 6 nitrogen and oxygen atoms in total. The van der Waals surface area contributed by atoms with Gasteiger partial charge in [0, 0.05) is 12.2 Å². The number of pyridine rings is 1. The summed E-state index contributed by atoms with van der Waals surface area (Å²) >= 11 is 6.11. The zero-order valence-corrected chi connectivity index (χ0v) is 12.8. The van der Waals surface area contributed by atoms with E-state index in [1.807, 2.05) is 0 Å². The first-order valence-corrected chi connectivity index (χ1v) is 7.73. The minimum absolute atomic E-state index is 0.00756. The summed E-state index contributed by atoms with van der Waals surface area (Å²) < 4.78 is 5.52. The molecule has 0 spiro atoms. The molecule has 1 amide bonds. The number of aliphatic carboxylic acids is 1. The average molecular weight is 325 g/mol. The molecule has 118 valence electrons. The predicted molar refractivity (Wildman–Crippen MR) is 79.2 cm³/mol. The molecule has 0 atom stereocenters. The molecular formula is C15H17ClN2O4. The number of aromatic nitrogens is 1. The number of hydrogen-bond donors (Lipinski definition) is 1. The second-order valence-corrected chi connectivity index (χ2v) is 6.23. The summed E-state index contributed by atoms with van der Waals surface area (Å²) in [6.45, 7) is 0.286. The molecule has 0 bridgehead atoms. The summed E-state index contributed by atoms with van der Waals surface area (Å²) in [5.74, 6) is -0.474. The van der Waals surface area contributed by atoms with E-state index in [1.54, 1.807) is 0 Å². The lowest BCUT2D eigenvalue weighted by molar-refractivity contribution is -0.137. The minimum Gasteiger partial charge on any atom is -0.480 e. The third-order valence-electron chi connectivity index (χ3n) is 3.76. The molecule has 2 aliphatic carbocycles. The standard InChI is InChI=1S/C15H17ClN2O4/c16-12-5-10(6-17-14(12)22-8-9-1-2-9)15(21)18(7-13(19)20)11-3-4-11/h5-6,9,11H,1-4,7-8H2,(H,19,20). The van der Waals surface area contributed by atoms with Gasteiger partial charge in [0.2, 0.25) is 5.88 Å². The van der Waals surface area contributed by atoms with Crippen LogP contribution in [0.5, 0.6) is 5.88 Å². The molecule has 2 saturated carbocycles. The fraction of sp³-hybridized carbons (Fsp3) is 0.533. The fourth-order valence-electron chi connectivity index (χ4n) is 2.19. The van der Waals surface area contributed by atoms with Gasteiger partial charge >= 0.3 is 5.97 Å². The summed E-state index contributed by atoms with van der Waals surface area (Å²) in [7, 11) is 0. The molecule has 2 fully saturated rings. The molecule has 1 aromatic rings. The van der Waals surface area contributed by atoms with E-state index in [1.165, 1.54) is 30.0 Å². The molecule has 22 heavy (non-hydrogen) atoms. The lowest BCUT2D eigenvalue weighted by Gasteiger charge is -2.20. The van der Waals surface area contributed by atoms with E-state index in [-0.39, 0.29) is 29.1 Å². The Morgan fingerprint density at radius 2 is 2.09 bits per heavy atom. The topological polar surface area (TPSA) is 79.7 Å². The Bertz CT molecular complexity index is 599. The molecule has 2 aliphatic rings. The lowest BCUT2D eigenvalue weighted by Crippen LogP contribution is -2.37. The number of ether oxygens (including phenoxy) is 1. The number of amides is 1. The summed E-state index contributed by atoms with van der Waals surface area (Å²) in [6, 6.07) is 1.50. The molecule has 0 aliphatic heterocycles. The first-order valence-electron chi connectivity index (χ1n) is 7.35. The summed E-state index contributed by atoms with van der Waals surface area (Å²) in [5, 5.41) is 9.20. The fourth-order valence-corrected chi connectivity index (χ4v) is 2.42. The van der Waals surface area contributed by atoms with Gasteiger partial charge in [0.05, 0.1) is 12.2 Å². The maximum atomic E-state index is 12.4. The highest BCUT2D eigenvalue weighted by molar-refractivity contribution is 6.32. The van der Waals surface area contributed by atoms with E-state index in [2.05, 4.69) is 4.98 Å². The van der Waals surface area contributed by atoms with Gasteiger partial charge in [-0.05, 0) is 37.7 Å². The van der Waals surface area contributed by atoms with Gasteiger partial charge in [-0.3, -0.25) is 9.59 Å². The van der Waals surface area contributed by atoms with Crippen molar-refractivity contribution in [2.24, 2.45) is 5.92 Å². The monoisotopic (exact) mass is 324 g/mol. The first kappa shape index (κ1) is 15.1. The Labute approximate surface area is 133 Å². The van der Waals surface area contributed by atoms with Crippen LogP contribution >= 0.6 is 11.6 Å². The molecule has 0 aromatic carbocycles. The second-order valence-electron chi connectivity index (χ2n) is 5.82. The van der Waals surface area contributed by atoms with Crippen molar-refractivity contribution in [3.05, 3.63) is 22.8 Å². The van der Waals surface area contributed by atoms with Crippen LogP contribution in [0.1, 0.15) is 36.0 Å². The van der Waals surface area contributed by atoms with E-state index in [9.17, 15) is 9.59 Å². The Morgan fingerprint density at radius 3 is 2.64 bits per heavy atom. The van der Waals surface area contributed by atoms with Crippen LogP contribution in [-0.2, 0) is 4.79 Å². The Hall–Kier alpha value is -1.82. The van der Waals surface area contributed by atoms with Crippen molar-refractivity contribution in [3.8, 4) is 5.88 Å². The van der Waals surface area contributed by atoms with Gasteiger partial charge in [0.1, 0.15) is 11.6 Å². The van der Waals surface area contributed by atoms with Gasteiger partial charge in [-0.25, -0.2) is 4.98 Å². The van der Waals surface area contributed by atoms with Crippen molar-refractivity contribution in [2.45, 2.75) is 31.7 Å². The van der Waals surface area contributed by atoms with E-state index in [0.29, 0.717) is 18.4 Å². The molecule has 1 heterocycles. The van der Waals surface area contributed by atoms with Crippen molar-refractivity contribution in [2.75, 3.05) is 13.2 Å². The van der Waals surface area contributed by atoms with Gasteiger partial charge < -0.3 is 14.7 Å². The number of carboxylic acid groups (broad SMARTS) is 1. The smallest absolute Gasteiger partial charge is 0.323 e. The number of carboxylic acids is 1. The van der Waals surface area contributed by atoms with E-state index >= 15 is 0 Å². The van der Waals surface area contributed by atoms with E-state index < -0.39 is 5.97 Å². The van der Waals surface area contributed by atoms with Gasteiger partial charge in [-0.1, -0.05) is 11.6 Å². The SMILES string of the molecule is O=C(O)CN(C(=O)c1cnc(OCC2CC2)c(Cl)c1)C1CC1. The van der Waals surface area contributed by atoms with Crippen molar-refractivity contribution < 1.29 is 19.4 Å². The predicted octanol–water partition coefficient (Wildman–Crippen LogP) is 2.21. The van der Waals surface area contributed by atoms with Crippen LogP contribution in [0.2, 0.25) is 5.02 Å². The number of halogens is 1. The highest BCUT2D eigenvalue weighted by Crippen LogP contribution is 2.32. The van der Waals surface area contributed by atoms with Crippen molar-refractivity contribution >= 4 is 23.5 Å². The Balaban J connectivity index is 1.70. The average Bonchev–Trinajstić information content (AvgIpc) is 3.36. The normalized spacial score (nSPS) is 17.1. The Kier molecular flexibility index (Phi) is 4.20. The number of carbonyl (C=O) groups is 2. The van der Waals surface area contributed by atoms with Crippen LogP contribution in [0.4, 0.5) is 0 Å². The number of nitrogens with zero attached hydrogens (tertiary/aromatic N) is 2. The number of rotatable bonds is 7. The maximum Gasteiger partial charge on any atom is 0.323 e. The van der Waals surface area contributed by atoms with Crippen molar-refractivity contribution in [1.29, 1.82) is 0 Å². The quantitative estimate of drug-likeness (QED) is 0.831. The largest absolute Gasteiger partial charge is 0.480 e. The van der Waals surface area contributed by atoms with Crippen LogP contribution in [0.15, 0.2) is 12.3 Å². The van der Waals surface area contributed by atoms with Crippen LogP contribution < -0.4 is 4.74 Å². The third kappa shape index (κ3) is 3.68. The zero-order chi connectivity index (χ0) is 15.7. The third-order valence-corrected chi connectivity index (χ3v) is 4.03. The molecule has 1 N–H and O–H groups in total.